The summed E-state index contributed by atoms with van der Waals surface area (Å²) >= 11 is 7.39. The fourth-order valence-corrected chi connectivity index (χ4v) is 4.02. The average Bonchev–Trinajstić information content (AvgIpc) is 2.52. The Morgan fingerprint density at radius 2 is 2.35 bits per heavy atom. The lowest BCUT2D eigenvalue weighted by Gasteiger charge is -2.26. The summed E-state index contributed by atoms with van der Waals surface area (Å²) in [7, 11) is 0. The lowest BCUT2D eigenvalue weighted by molar-refractivity contribution is 0.175. The normalized spacial score (nSPS) is 20.6. The molecule has 0 heterocycles. The number of allylic oxidation sites excluding steroid dienone is 2. The van der Waals surface area contributed by atoms with Gasteiger partial charge in [-0.15, -0.1) is 0 Å². The Balaban J connectivity index is 2.22. The maximum atomic E-state index is 10.3. The van der Waals surface area contributed by atoms with E-state index < -0.39 is 0 Å². The number of unbranched alkanes of at least 4 members (excludes halogenated alkanes) is 1. The van der Waals surface area contributed by atoms with Crippen molar-refractivity contribution >= 4 is 29.6 Å². The van der Waals surface area contributed by atoms with Crippen LogP contribution in [0.15, 0.2) is 28.1 Å². The molecule has 132 valence electrons. The molecule has 1 N–H and O–H groups in total. The van der Waals surface area contributed by atoms with Crippen LogP contribution in [0.2, 0.25) is 0 Å². The SMILES string of the molecule is CCSC(C)CC1CCC(CCC/C=N/OC/C=C/Cl)=C(O)C1. The molecule has 5 heteroatoms. The minimum atomic E-state index is 0.405. The lowest BCUT2D eigenvalue weighted by Crippen LogP contribution is -2.15. The molecule has 2 unspecified atom stereocenters. The van der Waals surface area contributed by atoms with E-state index in [1.807, 2.05) is 11.8 Å². The van der Waals surface area contributed by atoms with E-state index in [0.717, 1.165) is 32.1 Å². The molecule has 0 aromatic carbocycles. The van der Waals surface area contributed by atoms with Crippen LogP contribution in [0.1, 0.15) is 58.8 Å². The predicted molar refractivity (Wildman–Crippen MR) is 102 cm³/mol. The first kappa shape index (κ1) is 20.4. The Hall–Kier alpha value is -0.610. The van der Waals surface area contributed by atoms with Crippen molar-refractivity contribution in [3.05, 3.63) is 22.9 Å². The van der Waals surface area contributed by atoms with Gasteiger partial charge in [-0.25, -0.2) is 0 Å². The van der Waals surface area contributed by atoms with E-state index in [2.05, 4.69) is 19.0 Å². The van der Waals surface area contributed by atoms with E-state index in [9.17, 15) is 5.11 Å². The standard InChI is InChI=1S/C18H30ClNO2S/c1-3-23-15(2)13-16-8-9-17(18(21)14-16)7-4-5-11-20-22-12-6-10-19/h6,10-11,15-16,21H,3-5,7-9,12-14H2,1-2H3/b10-6+,20-11+. The Morgan fingerprint density at radius 1 is 1.52 bits per heavy atom. The predicted octanol–water partition coefficient (Wildman–Crippen LogP) is 6.06. The van der Waals surface area contributed by atoms with Crippen LogP contribution >= 0.6 is 23.4 Å². The number of rotatable bonds is 11. The smallest absolute Gasteiger partial charge is 0.136 e. The van der Waals surface area contributed by atoms with Crippen molar-refractivity contribution in [1.82, 2.24) is 0 Å². The van der Waals surface area contributed by atoms with Crippen LogP contribution in [0.5, 0.6) is 0 Å². The lowest BCUT2D eigenvalue weighted by atomic mass is 9.84. The highest BCUT2D eigenvalue weighted by molar-refractivity contribution is 7.99. The molecule has 1 aliphatic rings. The molecule has 0 aliphatic heterocycles. The van der Waals surface area contributed by atoms with Crippen LogP contribution in [0.3, 0.4) is 0 Å². The summed E-state index contributed by atoms with van der Waals surface area (Å²) in [5.41, 5.74) is 2.67. The van der Waals surface area contributed by atoms with Gasteiger partial charge in [0, 0.05) is 23.4 Å². The van der Waals surface area contributed by atoms with Gasteiger partial charge in [-0.05, 0) is 61.8 Å². The summed E-state index contributed by atoms with van der Waals surface area (Å²) in [5.74, 6) is 2.47. The summed E-state index contributed by atoms with van der Waals surface area (Å²) in [4.78, 5) is 4.99. The Bertz CT molecular complexity index is 410. The van der Waals surface area contributed by atoms with Crippen molar-refractivity contribution in [2.24, 2.45) is 11.1 Å². The Morgan fingerprint density at radius 3 is 3.04 bits per heavy atom. The second kappa shape index (κ2) is 12.8. The molecule has 0 amide bonds. The van der Waals surface area contributed by atoms with E-state index in [1.54, 1.807) is 12.3 Å². The number of aliphatic hydroxyl groups excluding tert-OH is 1. The number of oxime groups is 1. The number of hydrogen-bond acceptors (Lipinski definition) is 4. The summed E-state index contributed by atoms with van der Waals surface area (Å²) in [6.45, 7) is 4.91. The average molecular weight is 360 g/mol. The van der Waals surface area contributed by atoms with E-state index in [-0.39, 0.29) is 0 Å². The van der Waals surface area contributed by atoms with Crippen LogP contribution in [-0.4, -0.2) is 28.9 Å². The van der Waals surface area contributed by atoms with Gasteiger partial charge in [-0.3, -0.25) is 0 Å². The third-order valence-electron chi connectivity index (χ3n) is 4.08. The molecule has 0 radical (unpaired) electrons. The molecular weight excluding hydrogens is 330 g/mol. The molecule has 1 aliphatic carbocycles. The second-order valence-electron chi connectivity index (χ2n) is 6.00. The van der Waals surface area contributed by atoms with E-state index >= 15 is 0 Å². The number of aliphatic hydroxyl groups is 1. The van der Waals surface area contributed by atoms with Crippen LogP contribution < -0.4 is 0 Å². The van der Waals surface area contributed by atoms with Crippen LogP contribution in [-0.2, 0) is 4.84 Å². The molecule has 0 bridgehead atoms. The van der Waals surface area contributed by atoms with Crippen LogP contribution in [0, 0.1) is 5.92 Å². The fourth-order valence-electron chi connectivity index (χ4n) is 2.97. The molecular formula is C18H30ClNO2S. The van der Waals surface area contributed by atoms with Gasteiger partial charge in [-0.2, -0.15) is 11.8 Å². The summed E-state index contributed by atoms with van der Waals surface area (Å²) < 4.78 is 0. The number of hydrogen-bond donors (Lipinski definition) is 1. The van der Waals surface area contributed by atoms with Crippen molar-refractivity contribution in [3.8, 4) is 0 Å². The van der Waals surface area contributed by atoms with Crippen molar-refractivity contribution in [2.45, 2.75) is 64.0 Å². The Kier molecular flexibility index (Phi) is 11.3. The third kappa shape index (κ3) is 9.31. The van der Waals surface area contributed by atoms with Gasteiger partial charge in [-0.1, -0.05) is 30.6 Å². The highest BCUT2D eigenvalue weighted by Gasteiger charge is 2.22. The quantitative estimate of drug-likeness (QED) is 0.277. The van der Waals surface area contributed by atoms with Gasteiger partial charge in [0.15, 0.2) is 0 Å². The van der Waals surface area contributed by atoms with E-state index in [1.165, 1.54) is 29.7 Å². The summed E-state index contributed by atoms with van der Waals surface area (Å²) in [6, 6.07) is 0. The molecule has 3 nitrogen and oxygen atoms in total. The van der Waals surface area contributed by atoms with Gasteiger partial charge < -0.3 is 9.94 Å². The summed E-state index contributed by atoms with van der Waals surface area (Å²) in [5, 5.41) is 14.8. The zero-order chi connectivity index (χ0) is 16.9. The van der Waals surface area contributed by atoms with Gasteiger partial charge in [0.1, 0.15) is 6.61 Å². The maximum absolute atomic E-state index is 10.3. The minimum absolute atomic E-state index is 0.405. The zero-order valence-electron chi connectivity index (χ0n) is 14.3. The molecule has 1 rings (SSSR count). The van der Waals surface area contributed by atoms with Gasteiger partial charge >= 0.3 is 0 Å². The van der Waals surface area contributed by atoms with Crippen molar-refractivity contribution < 1.29 is 9.94 Å². The fraction of sp³-hybridized carbons (Fsp3) is 0.722. The van der Waals surface area contributed by atoms with Crippen molar-refractivity contribution in [2.75, 3.05) is 12.4 Å². The zero-order valence-corrected chi connectivity index (χ0v) is 15.9. The molecule has 0 saturated carbocycles. The monoisotopic (exact) mass is 359 g/mol. The number of thioether (sulfide) groups is 1. The van der Waals surface area contributed by atoms with Crippen molar-refractivity contribution in [3.63, 3.8) is 0 Å². The van der Waals surface area contributed by atoms with E-state index in [0.29, 0.717) is 23.5 Å². The first-order valence-corrected chi connectivity index (χ1v) is 10.1. The molecule has 0 saturated heterocycles. The van der Waals surface area contributed by atoms with Crippen LogP contribution in [0.25, 0.3) is 0 Å². The highest BCUT2D eigenvalue weighted by atomic mass is 35.5. The largest absolute Gasteiger partial charge is 0.512 e. The topological polar surface area (TPSA) is 41.8 Å². The first-order valence-electron chi connectivity index (χ1n) is 8.57. The Labute approximate surface area is 150 Å². The first-order chi connectivity index (χ1) is 11.2. The molecule has 2 atom stereocenters. The van der Waals surface area contributed by atoms with Gasteiger partial charge in [0.05, 0.1) is 5.76 Å². The van der Waals surface area contributed by atoms with E-state index in [4.69, 9.17) is 16.4 Å². The van der Waals surface area contributed by atoms with Gasteiger partial charge in [0.2, 0.25) is 0 Å². The molecule has 0 spiro atoms. The second-order valence-corrected chi connectivity index (χ2v) is 7.97. The number of nitrogens with zero attached hydrogens (tertiary/aromatic N) is 1. The maximum Gasteiger partial charge on any atom is 0.136 e. The third-order valence-corrected chi connectivity index (χ3v) is 5.35. The molecule has 0 aromatic rings. The highest BCUT2D eigenvalue weighted by Crippen LogP contribution is 2.34. The molecule has 23 heavy (non-hydrogen) atoms. The summed E-state index contributed by atoms with van der Waals surface area (Å²) in [6.07, 6.45) is 10.7. The minimum Gasteiger partial charge on any atom is -0.512 e. The number of halogens is 1. The molecule has 0 aromatic heterocycles. The van der Waals surface area contributed by atoms with Crippen molar-refractivity contribution in [1.29, 1.82) is 0 Å². The molecule has 0 fully saturated rings. The van der Waals surface area contributed by atoms with Crippen LogP contribution in [0.4, 0.5) is 0 Å². The van der Waals surface area contributed by atoms with Gasteiger partial charge in [0.25, 0.3) is 0 Å².